The highest BCUT2D eigenvalue weighted by Gasteiger charge is 2.24. The molecule has 2 heteroatoms. The van der Waals surface area contributed by atoms with E-state index in [0.29, 0.717) is 0 Å². The summed E-state index contributed by atoms with van der Waals surface area (Å²) in [4.78, 5) is 0. The van der Waals surface area contributed by atoms with Crippen molar-refractivity contribution < 1.29 is 8.83 Å². The molecule has 0 amide bonds. The molecule has 3 rings (SSSR count). The van der Waals surface area contributed by atoms with Crippen molar-refractivity contribution in [2.45, 2.75) is 40.5 Å². The third kappa shape index (κ3) is 2.24. The monoisotopic (exact) mass is 244 g/mol. The van der Waals surface area contributed by atoms with Gasteiger partial charge in [0.25, 0.3) is 0 Å². The molecule has 0 unspecified atom stereocenters. The summed E-state index contributed by atoms with van der Waals surface area (Å²) >= 11 is 0. The van der Waals surface area contributed by atoms with Crippen molar-refractivity contribution in [3.8, 4) is 0 Å². The summed E-state index contributed by atoms with van der Waals surface area (Å²) < 4.78 is 12.1. The highest BCUT2D eigenvalue weighted by Crippen LogP contribution is 2.28. The molecule has 0 radical (unpaired) electrons. The van der Waals surface area contributed by atoms with Crippen molar-refractivity contribution in [3.05, 3.63) is 34.5 Å². The molecule has 4 bridgehead atoms. The first-order valence-corrected chi connectivity index (χ1v) is 6.54. The van der Waals surface area contributed by atoms with Gasteiger partial charge in [0.2, 0.25) is 0 Å². The summed E-state index contributed by atoms with van der Waals surface area (Å²) in [5.41, 5.74) is 2.00. The average Bonchev–Trinajstić information content (AvgIpc) is 2.09. The topological polar surface area (TPSA) is 26.3 Å². The van der Waals surface area contributed by atoms with Gasteiger partial charge in [-0.1, -0.05) is 27.7 Å². The zero-order chi connectivity index (χ0) is 13.0. The first-order valence-electron chi connectivity index (χ1n) is 6.54. The molecular formula is C16H20O2. The fraction of sp³-hybridized carbons (Fsp3) is 0.500. The van der Waals surface area contributed by atoms with E-state index in [9.17, 15) is 0 Å². The third-order valence-corrected chi connectivity index (χ3v) is 3.43. The van der Waals surface area contributed by atoms with E-state index in [4.69, 9.17) is 8.83 Å². The summed E-state index contributed by atoms with van der Waals surface area (Å²) in [5, 5.41) is 0. The predicted octanol–water partition coefficient (Wildman–Crippen LogP) is 2.72. The zero-order valence-electron chi connectivity index (χ0n) is 11.5. The Morgan fingerprint density at radius 3 is 1.67 bits per heavy atom. The largest absolute Gasteiger partial charge is 0.466 e. The van der Waals surface area contributed by atoms with Crippen LogP contribution in [0.5, 0.6) is 0 Å². The van der Waals surface area contributed by atoms with Crippen LogP contribution in [-0.4, -0.2) is 0 Å². The zero-order valence-corrected chi connectivity index (χ0v) is 11.5. The third-order valence-electron chi connectivity index (χ3n) is 3.43. The fourth-order valence-electron chi connectivity index (χ4n) is 2.83. The van der Waals surface area contributed by atoms with Gasteiger partial charge in [-0.15, -0.1) is 0 Å². The second kappa shape index (κ2) is 3.53. The Morgan fingerprint density at radius 1 is 0.778 bits per heavy atom. The Balaban J connectivity index is 2.35. The van der Waals surface area contributed by atoms with E-state index in [1.165, 1.54) is 0 Å². The lowest BCUT2D eigenvalue weighted by molar-refractivity contribution is 0.332. The van der Waals surface area contributed by atoms with E-state index in [1.807, 2.05) is 12.1 Å². The van der Waals surface area contributed by atoms with Gasteiger partial charge >= 0.3 is 0 Å². The number of fused-ring (bicyclic) bond motifs is 4. The van der Waals surface area contributed by atoms with Crippen LogP contribution in [0.15, 0.2) is 21.0 Å². The van der Waals surface area contributed by atoms with Crippen LogP contribution in [0.1, 0.15) is 39.2 Å². The van der Waals surface area contributed by atoms with E-state index in [0.717, 1.165) is 35.2 Å². The second-order valence-electron chi connectivity index (χ2n) is 6.85. The first kappa shape index (κ1) is 11.6. The van der Waals surface area contributed by atoms with E-state index in [2.05, 4.69) is 39.8 Å². The summed E-state index contributed by atoms with van der Waals surface area (Å²) in [6.07, 6.45) is 6.22. The Kier molecular flexibility index (Phi) is 2.28. The molecule has 18 heavy (non-hydrogen) atoms. The standard InChI is InChI=1S/C16H20O2/c1-15(2)7-11-5-12(8-15)18-14-6-13(17-11)9-16(3,4)10-14/h5-7,9H,8,10H2,1-4H3. The molecule has 0 saturated heterocycles. The predicted molar refractivity (Wildman–Crippen MR) is 71.8 cm³/mol. The molecule has 1 aromatic heterocycles. The van der Waals surface area contributed by atoms with Gasteiger partial charge in [0.05, 0.1) is 0 Å². The van der Waals surface area contributed by atoms with Crippen molar-refractivity contribution in [1.29, 1.82) is 0 Å². The summed E-state index contributed by atoms with van der Waals surface area (Å²) in [6.45, 7) is 8.82. The number of hydrogen-bond donors (Lipinski definition) is 0. The van der Waals surface area contributed by atoms with Crippen LogP contribution < -0.4 is 10.8 Å². The molecule has 2 nitrogen and oxygen atoms in total. The van der Waals surface area contributed by atoms with Gasteiger partial charge in [-0.05, 0) is 23.0 Å². The average molecular weight is 244 g/mol. The lowest BCUT2D eigenvalue weighted by Crippen LogP contribution is -2.27. The minimum atomic E-state index is 0.0989. The lowest BCUT2D eigenvalue weighted by Gasteiger charge is -2.25. The quantitative estimate of drug-likeness (QED) is 0.701. The highest BCUT2D eigenvalue weighted by atomic mass is 16.4. The van der Waals surface area contributed by atoms with Crippen LogP contribution in [0.25, 0.3) is 12.2 Å². The maximum atomic E-state index is 6.06. The van der Waals surface area contributed by atoms with Crippen molar-refractivity contribution >= 4 is 12.2 Å². The van der Waals surface area contributed by atoms with Crippen molar-refractivity contribution in [2.24, 2.45) is 10.8 Å². The molecule has 0 saturated carbocycles. The van der Waals surface area contributed by atoms with E-state index in [1.54, 1.807) is 0 Å². The van der Waals surface area contributed by atoms with Crippen LogP contribution in [0, 0.1) is 10.8 Å². The van der Waals surface area contributed by atoms with Crippen LogP contribution >= 0.6 is 0 Å². The molecule has 2 aliphatic rings. The van der Waals surface area contributed by atoms with Gasteiger partial charge in [-0.25, -0.2) is 0 Å². The summed E-state index contributed by atoms with van der Waals surface area (Å²) in [7, 11) is 0. The molecule has 0 fully saturated rings. The Morgan fingerprint density at radius 2 is 1.22 bits per heavy atom. The normalized spacial score (nSPS) is 21.6. The van der Waals surface area contributed by atoms with Crippen LogP contribution in [0.3, 0.4) is 0 Å². The van der Waals surface area contributed by atoms with Crippen LogP contribution in [0.2, 0.25) is 0 Å². The molecule has 0 spiro atoms. The summed E-state index contributed by atoms with van der Waals surface area (Å²) in [5.74, 6) is 2.03. The maximum Gasteiger partial charge on any atom is 0.127 e. The van der Waals surface area contributed by atoms with Gasteiger partial charge in [0, 0.05) is 25.0 Å². The molecule has 1 heterocycles. The van der Waals surface area contributed by atoms with E-state index in [-0.39, 0.29) is 10.8 Å². The maximum absolute atomic E-state index is 6.06. The summed E-state index contributed by atoms with van der Waals surface area (Å²) in [6, 6.07) is 4.04. The van der Waals surface area contributed by atoms with Gasteiger partial charge in [-0.3, -0.25) is 0 Å². The first-order chi connectivity index (χ1) is 8.31. The van der Waals surface area contributed by atoms with Crippen LogP contribution in [0.4, 0.5) is 0 Å². The number of hydrogen-bond acceptors (Lipinski definition) is 2. The Hall–Kier alpha value is -1.44. The minimum Gasteiger partial charge on any atom is -0.466 e. The SMILES string of the molecule is CC1(C)C=c2cc(oc3cc(o2)=CC(C)(C)C3)C1. The van der Waals surface area contributed by atoms with E-state index >= 15 is 0 Å². The lowest BCUT2D eigenvalue weighted by atomic mass is 9.84. The smallest absolute Gasteiger partial charge is 0.127 e. The Labute approximate surface area is 107 Å². The van der Waals surface area contributed by atoms with Gasteiger partial charge in [0.15, 0.2) is 0 Å². The Bertz CT molecular complexity index is 597. The molecule has 0 N–H and O–H groups in total. The molecule has 2 aliphatic carbocycles. The molecular weight excluding hydrogens is 224 g/mol. The van der Waals surface area contributed by atoms with Crippen molar-refractivity contribution in [2.75, 3.05) is 0 Å². The van der Waals surface area contributed by atoms with Gasteiger partial charge < -0.3 is 8.83 Å². The second-order valence-corrected chi connectivity index (χ2v) is 6.85. The van der Waals surface area contributed by atoms with Crippen LogP contribution in [-0.2, 0) is 12.8 Å². The van der Waals surface area contributed by atoms with Crippen molar-refractivity contribution in [1.82, 2.24) is 0 Å². The molecule has 0 atom stereocenters. The fourth-order valence-corrected chi connectivity index (χ4v) is 2.83. The molecule has 0 aliphatic heterocycles. The van der Waals surface area contributed by atoms with Gasteiger partial charge in [-0.2, -0.15) is 0 Å². The molecule has 0 aromatic carbocycles. The minimum absolute atomic E-state index is 0.0989. The van der Waals surface area contributed by atoms with Crippen molar-refractivity contribution in [3.63, 3.8) is 0 Å². The van der Waals surface area contributed by atoms with E-state index < -0.39 is 0 Å². The highest BCUT2D eigenvalue weighted by molar-refractivity contribution is 5.35. The molecule has 1 aromatic rings. The van der Waals surface area contributed by atoms with Gasteiger partial charge in [0.1, 0.15) is 22.4 Å². The number of rotatable bonds is 0. The molecule has 96 valence electrons.